The van der Waals surface area contributed by atoms with Gasteiger partial charge in [0.2, 0.25) is 0 Å². The summed E-state index contributed by atoms with van der Waals surface area (Å²) in [6.45, 7) is 0. The number of rotatable bonds is 5. The molecule has 2 aliphatic rings. The van der Waals surface area contributed by atoms with E-state index < -0.39 is 57.2 Å². The molecular formula is C16H12F10N6P6. The lowest BCUT2D eigenvalue weighted by Gasteiger charge is -2.23. The average molecular weight is 664 g/mol. The summed E-state index contributed by atoms with van der Waals surface area (Å²) in [6, 6.07) is 13.1. The van der Waals surface area contributed by atoms with Gasteiger partial charge in [0.05, 0.1) is 5.31 Å². The number of benzene rings is 2. The van der Waals surface area contributed by atoms with Crippen molar-refractivity contribution in [2.75, 3.05) is 0 Å². The van der Waals surface area contributed by atoms with Crippen LogP contribution in [0.2, 0.25) is 0 Å². The third kappa shape index (κ3) is 7.21. The highest BCUT2D eigenvalue weighted by atomic mass is 31.3. The standard InChI is InChI=1S/C16H12F10N6P6/c17-33(27-35(19,20)31-36(21,22)28-33)12-15(14-9-5-2-6-10-14)16(11-13-7-3-1-4-8-13)34(18)29-37(23,24)32-38(25,26)30-34/h1-12H/b15-12+,16-11-. The predicted octanol–water partition coefficient (Wildman–Crippen LogP) is 14.6. The van der Waals surface area contributed by atoms with Crippen LogP contribution in [-0.2, 0) is 0 Å². The van der Waals surface area contributed by atoms with Crippen molar-refractivity contribution in [1.29, 1.82) is 0 Å². The summed E-state index contributed by atoms with van der Waals surface area (Å²) in [4.78, 5) is 0. The second-order valence-corrected chi connectivity index (χ2v) is 18.2. The van der Waals surface area contributed by atoms with Gasteiger partial charge in [0.25, 0.3) is 15.0 Å². The molecule has 38 heavy (non-hydrogen) atoms. The van der Waals surface area contributed by atoms with Crippen LogP contribution in [0.25, 0.3) is 11.6 Å². The van der Waals surface area contributed by atoms with Gasteiger partial charge in [0, 0.05) is 11.4 Å². The summed E-state index contributed by atoms with van der Waals surface area (Å²) in [7, 11) is -36.5. The smallest absolute Gasteiger partial charge is 0.178 e. The lowest BCUT2D eigenvalue weighted by Crippen LogP contribution is -1.92. The second-order valence-electron chi connectivity index (χ2n) is 7.30. The first-order chi connectivity index (χ1) is 17.4. The molecule has 0 saturated heterocycles. The molecule has 0 N–H and O–H groups in total. The summed E-state index contributed by atoms with van der Waals surface area (Å²) < 4.78 is 159. The van der Waals surface area contributed by atoms with Gasteiger partial charge in [0.15, 0.2) is 0 Å². The van der Waals surface area contributed by atoms with Crippen LogP contribution in [0.1, 0.15) is 11.1 Å². The van der Waals surface area contributed by atoms with Crippen molar-refractivity contribution in [3.63, 3.8) is 0 Å². The molecule has 0 saturated carbocycles. The van der Waals surface area contributed by atoms with Gasteiger partial charge >= 0.3 is 31.3 Å². The van der Waals surface area contributed by atoms with E-state index in [0.717, 1.165) is 18.2 Å². The van der Waals surface area contributed by atoms with E-state index in [0.29, 0.717) is 0 Å². The minimum atomic E-state index is -6.28. The van der Waals surface area contributed by atoms with E-state index in [1.165, 1.54) is 48.5 Å². The first kappa shape index (κ1) is 29.6. The molecule has 0 spiro atoms. The van der Waals surface area contributed by atoms with Crippen LogP contribution in [0.3, 0.4) is 0 Å². The lowest BCUT2D eigenvalue weighted by molar-refractivity contribution is 0.693. The van der Waals surface area contributed by atoms with E-state index in [1.807, 2.05) is 9.03 Å². The molecule has 2 aromatic carbocycles. The molecule has 0 aromatic heterocycles. The highest BCUT2D eigenvalue weighted by molar-refractivity contribution is 7.82. The minimum absolute atomic E-state index is 0.00647. The molecule has 206 valence electrons. The Balaban J connectivity index is 2.16. The van der Waals surface area contributed by atoms with E-state index >= 15 is 8.39 Å². The fourth-order valence-electron chi connectivity index (χ4n) is 3.19. The molecule has 2 aliphatic heterocycles. The Labute approximate surface area is 210 Å². The van der Waals surface area contributed by atoms with Crippen LogP contribution in [-0.4, -0.2) is 0 Å². The fourth-order valence-corrected chi connectivity index (χ4v) is 15.5. The molecule has 2 unspecified atom stereocenters. The van der Waals surface area contributed by atoms with E-state index in [9.17, 15) is 33.6 Å². The maximum atomic E-state index is 16.3. The van der Waals surface area contributed by atoms with Crippen LogP contribution in [0.4, 0.5) is 42.0 Å². The van der Waals surface area contributed by atoms with Gasteiger partial charge in [-0.2, -0.15) is 26.5 Å². The van der Waals surface area contributed by atoms with Crippen LogP contribution in [0, 0.1) is 0 Å². The van der Waals surface area contributed by atoms with E-state index in [-0.39, 0.29) is 16.9 Å². The van der Waals surface area contributed by atoms with Gasteiger partial charge in [-0.3, -0.25) is 0 Å². The summed E-state index contributed by atoms with van der Waals surface area (Å²) in [5.74, 6) is 0.0406. The second kappa shape index (κ2) is 10.2. The number of nitrogens with zero attached hydrogens (tertiary/aromatic N) is 6. The largest absolute Gasteiger partial charge is 0.423 e. The van der Waals surface area contributed by atoms with Gasteiger partial charge in [-0.1, -0.05) is 60.7 Å². The fraction of sp³-hybridized carbons (Fsp3) is 0. The molecular weight excluding hydrogens is 652 g/mol. The van der Waals surface area contributed by atoms with Crippen molar-refractivity contribution in [2.24, 2.45) is 27.1 Å². The summed E-state index contributed by atoms with van der Waals surface area (Å²) in [6.07, 6.45) is 0.742. The number of halogens is 10. The summed E-state index contributed by atoms with van der Waals surface area (Å²) in [5.41, 5.74) is -1.20. The normalized spacial score (nSPS) is 29.3. The molecule has 0 bridgehead atoms. The minimum Gasteiger partial charge on any atom is -0.178 e. The maximum absolute atomic E-state index is 16.3. The summed E-state index contributed by atoms with van der Waals surface area (Å²) >= 11 is 0. The Morgan fingerprint density at radius 3 is 1.53 bits per heavy atom. The number of hydrogen-bond donors (Lipinski definition) is 0. The Bertz CT molecular complexity index is 1660. The van der Waals surface area contributed by atoms with Crippen LogP contribution in [0.15, 0.2) is 98.9 Å². The molecule has 0 amide bonds. The van der Waals surface area contributed by atoms with Crippen molar-refractivity contribution in [3.8, 4) is 0 Å². The number of allylic oxidation sites excluding steroid dienone is 2. The van der Waals surface area contributed by atoms with E-state index in [2.05, 4.69) is 18.1 Å². The quantitative estimate of drug-likeness (QED) is 0.173. The van der Waals surface area contributed by atoms with Crippen molar-refractivity contribution < 1.29 is 42.0 Å². The molecule has 4 rings (SSSR count). The first-order valence-electron chi connectivity index (χ1n) is 9.76. The zero-order valence-electron chi connectivity index (χ0n) is 18.1. The molecule has 2 heterocycles. The highest BCUT2D eigenvalue weighted by Crippen LogP contribution is 2.86. The van der Waals surface area contributed by atoms with Gasteiger partial charge in [-0.25, -0.2) is 0 Å². The van der Waals surface area contributed by atoms with E-state index in [4.69, 9.17) is 0 Å². The Kier molecular flexibility index (Phi) is 7.95. The molecule has 0 radical (unpaired) electrons. The van der Waals surface area contributed by atoms with Crippen molar-refractivity contribution in [3.05, 3.63) is 82.9 Å². The molecule has 0 fully saturated rings. The molecule has 2 atom stereocenters. The van der Waals surface area contributed by atoms with Gasteiger partial charge in [-0.05, 0) is 17.2 Å². The Hall–Kier alpha value is -1.40. The molecule has 0 aliphatic carbocycles. The molecule has 2 aromatic rings. The van der Waals surface area contributed by atoms with Crippen LogP contribution < -0.4 is 0 Å². The van der Waals surface area contributed by atoms with Crippen LogP contribution in [0.5, 0.6) is 0 Å². The topological polar surface area (TPSA) is 74.2 Å². The molecule has 22 heteroatoms. The lowest BCUT2D eigenvalue weighted by atomic mass is 10.1. The van der Waals surface area contributed by atoms with Gasteiger partial charge in [-0.15, -0.1) is 42.6 Å². The zero-order valence-corrected chi connectivity index (χ0v) is 23.4. The van der Waals surface area contributed by atoms with Crippen LogP contribution >= 0.6 is 46.3 Å². The van der Waals surface area contributed by atoms with Crippen molar-refractivity contribution in [2.45, 2.75) is 0 Å². The third-order valence-electron chi connectivity index (χ3n) is 4.41. The van der Waals surface area contributed by atoms with E-state index in [1.54, 1.807) is 0 Å². The Morgan fingerprint density at radius 1 is 0.526 bits per heavy atom. The first-order valence-corrected chi connectivity index (χ1v) is 18.9. The van der Waals surface area contributed by atoms with Gasteiger partial charge in [0.1, 0.15) is 0 Å². The predicted molar refractivity (Wildman–Crippen MR) is 136 cm³/mol. The van der Waals surface area contributed by atoms with Crippen molar-refractivity contribution >= 4 is 58.0 Å². The Morgan fingerprint density at radius 2 is 1.00 bits per heavy atom. The third-order valence-corrected chi connectivity index (χ3v) is 16.8. The summed E-state index contributed by atoms with van der Waals surface area (Å²) in [5, 5.41) is -1.16. The van der Waals surface area contributed by atoms with Gasteiger partial charge < -0.3 is 0 Å². The number of hydrogen-bond acceptors (Lipinski definition) is 6. The monoisotopic (exact) mass is 664 g/mol. The highest BCUT2D eigenvalue weighted by Gasteiger charge is 2.44. The van der Waals surface area contributed by atoms with Crippen molar-refractivity contribution in [1.82, 2.24) is 0 Å². The SMILES string of the molecule is FP1(F)=NP(F)(F)=NP(F)(/C=C(/C(=C/c2ccccc2)P2(F)=NP(F)(F)=NP(F)(F)=N2)c2ccccc2)=N1. The zero-order chi connectivity index (χ0) is 28.0. The maximum Gasteiger partial charge on any atom is 0.423 e. The average Bonchev–Trinajstić information content (AvgIpc) is 2.72. The molecule has 6 nitrogen and oxygen atoms in total.